The molecule has 1 heterocycles. The van der Waals surface area contributed by atoms with Gasteiger partial charge < -0.3 is 10.4 Å². The summed E-state index contributed by atoms with van der Waals surface area (Å²) in [4.78, 5) is 0. The molecular formula is C12H21NOS. The monoisotopic (exact) mass is 227 g/mol. The maximum atomic E-state index is 10.2. The van der Waals surface area contributed by atoms with E-state index in [1.165, 1.54) is 6.42 Å². The fourth-order valence-corrected chi connectivity index (χ4v) is 2.16. The van der Waals surface area contributed by atoms with Crippen LogP contribution in [-0.2, 0) is 5.60 Å². The van der Waals surface area contributed by atoms with Crippen molar-refractivity contribution in [2.24, 2.45) is 5.92 Å². The highest BCUT2D eigenvalue weighted by molar-refractivity contribution is 7.08. The van der Waals surface area contributed by atoms with Crippen LogP contribution in [0.3, 0.4) is 0 Å². The third-order valence-corrected chi connectivity index (χ3v) is 3.49. The molecule has 0 aromatic carbocycles. The Kier molecular flexibility index (Phi) is 4.77. The maximum Gasteiger partial charge on any atom is 0.1000 e. The van der Waals surface area contributed by atoms with Gasteiger partial charge in [0.15, 0.2) is 0 Å². The molecule has 0 spiro atoms. The standard InChI is InChI=1S/C12H21NOS/c1-4-10(2)7-13-9-12(3,14)11-5-6-15-8-11/h5-6,8,10,13-14H,4,7,9H2,1-3H3. The van der Waals surface area contributed by atoms with Gasteiger partial charge in [0.2, 0.25) is 0 Å². The minimum absolute atomic E-state index is 0.619. The van der Waals surface area contributed by atoms with E-state index in [1.807, 2.05) is 23.8 Å². The predicted molar refractivity (Wildman–Crippen MR) is 66.2 cm³/mol. The van der Waals surface area contributed by atoms with Gasteiger partial charge in [-0.1, -0.05) is 20.3 Å². The third-order valence-electron chi connectivity index (χ3n) is 2.80. The van der Waals surface area contributed by atoms with E-state index in [4.69, 9.17) is 0 Å². The zero-order valence-electron chi connectivity index (χ0n) is 9.79. The van der Waals surface area contributed by atoms with Crippen LogP contribution in [-0.4, -0.2) is 18.2 Å². The Morgan fingerprint density at radius 1 is 1.60 bits per heavy atom. The van der Waals surface area contributed by atoms with Gasteiger partial charge in [0, 0.05) is 6.54 Å². The van der Waals surface area contributed by atoms with Crippen LogP contribution in [0, 0.1) is 5.92 Å². The van der Waals surface area contributed by atoms with Gasteiger partial charge in [-0.05, 0) is 41.8 Å². The molecule has 1 aromatic heterocycles. The molecule has 0 aliphatic rings. The van der Waals surface area contributed by atoms with Gasteiger partial charge in [-0.2, -0.15) is 11.3 Å². The molecule has 86 valence electrons. The Morgan fingerprint density at radius 3 is 2.87 bits per heavy atom. The topological polar surface area (TPSA) is 32.3 Å². The number of rotatable bonds is 6. The van der Waals surface area contributed by atoms with Gasteiger partial charge in [0.25, 0.3) is 0 Å². The van der Waals surface area contributed by atoms with Gasteiger partial charge in [0.1, 0.15) is 0 Å². The van der Waals surface area contributed by atoms with Crippen LogP contribution >= 0.6 is 11.3 Å². The largest absolute Gasteiger partial charge is 0.384 e. The van der Waals surface area contributed by atoms with Crippen molar-refractivity contribution in [1.29, 1.82) is 0 Å². The maximum absolute atomic E-state index is 10.2. The predicted octanol–water partition coefficient (Wildman–Crippen LogP) is 2.59. The SMILES string of the molecule is CCC(C)CNCC(C)(O)c1ccsc1. The van der Waals surface area contributed by atoms with Crippen molar-refractivity contribution in [3.05, 3.63) is 22.4 Å². The van der Waals surface area contributed by atoms with Crippen molar-refractivity contribution < 1.29 is 5.11 Å². The Labute approximate surface area is 96.3 Å². The van der Waals surface area contributed by atoms with Crippen LogP contribution in [0.1, 0.15) is 32.8 Å². The Balaban J connectivity index is 2.37. The van der Waals surface area contributed by atoms with Crippen molar-refractivity contribution in [2.75, 3.05) is 13.1 Å². The van der Waals surface area contributed by atoms with E-state index in [0.29, 0.717) is 12.5 Å². The van der Waals surface area contributed by atoms with Crippen LogP contribution in [0.25, 0.3) is 0 Å². The molecule has 0 fully saturated rings. The van der Waals surface area contributed by atoms with E-state index in [2.05, 4.69) is 19.2 Å². The lowest BCUT2D eigenvalue weighted by molar-refractivity contribution is 0.0566. The zero-order valence-corrected chi connectivity index (χ0v) is 10.6. The molecule has 2 unspecified atom stereocenters. The minimum Gasteiger partial charge on any atom is -0.384 e. The molecule has 0 bridgehead atoms. The number of hydrogen-bond donors (Lipinski definition) is 2. The molecule has 0 saturated heterocycles. The van der Waals surface area contributed by atoms with E-state index in [1.54, 1.807) is 11.3 Å². The highest BCUT2D eigenvalue weighted by Gasteiger charge is 2.22. The Bertz CT molecular complexity index is 269. The van der Waals surface area contributed by atoms with E-state index in [9.17, 15) is 5.11 Å². The summed E-state index contributed by atoms with van der Waals surface area (Å²) in [5, 5.41) is 17.5. The summed E-state index contributed by atoms with van der Waals surface area (Å²) >= 11 is 1.62. The van der Waals surface area contributed by atoms with E-state index in [0.717, 1.165) is 12.1 Å². The molecule has 0 radical (unpaired) electrons. The molecular weight excluding hydrogens is 206 g/mol. The highest BCUT2D eigenvalue weighted by Crippen LogP contribution is 2.21. The van der Waals surface area contributed by atoms with Crippen molar-refractivity contribution in [2.45, 2.75) is 32.8 Å². The van der Waals surface area contributed by atoms with Crippen LogP contribution in [0.15, 0.2) is 16.8 Å². The fourth-order valence-electron chi connectivity index (χ4n) is 1.38. The molecule has 2 atom stereocenters. The molecule has 1 aromatic rings. The first-order chi connectivity index (χ1) is 7.06. The van der Waals surface area contributed by atoms with Crippen LogP contribution in [0.5, 0.6) is 0 Å². The summed E-state index contributed by atoms with van der Waals surface area (Å²) in [7, 11) is 0. The van der Waals surface area contributed by atoms with E-state index < -0.39 is 5.60 Å². The molecule has 0 aliphatic heterocycles. The second-order valence-electron chi connectivity index (χ2n) is 4.43. The summed E-state index contributed by atoms with van der Waals surface area (Å²) < 4.78 is 0. The van der Waals surface area contributed by atoms with Crippen LogP contribution in [0.2, 0.25) is 0 Å². The molecule has 0 saturated carbocycles. The van der Waals surface area contributed by atoms with Crippen LogP contribution < -0.4 is 5.32 Å². The summed E-state index contributed by atoms with van der Waals surface area (Å²) in [5.41, 5.74) is 0.261. The summed E-state index contributed by atoms with van der Waals surface area (Å²) in [5.74, 6) is 0.670. The number of hydrogen-bond acceptors (Lipinski definition) is 3. The van der Waals surface area contributed by atoms with Crippen molar-refractivity contribution in [3.8, 4) is 0 Å². The first-order valence-electron chi connectivity index (χ1n) is 5.52. The first-order valence-corrected chi connectivity index (χ1v) is 6.46. The van der Waals surface area contributed by atoms with Gasteiger partial charge >= 0.3 is 0 Å². The van der Waals surface area contributed by atoms with E-state index in [-0.39, 0.29) is 0 Å². The second kappa shape index (κ2) is 5.64. The quantitative estimate of drug-likeness (QED) is 0.783. The average molecular weight is 227 g/mol. The highest BCUT2D eigenvalue weighted by atomic mass is 32.1. The smallest absolute Gasteiger partial charge is 0.1000 e. The number of nitrogens with one attached hydrogen (secondary N) is 1. The fraction of sp³-hybridized carbons (Fsp3) is 0.667. The summed E-state index contributed by atoms with van der Waals surface area (Å²) in [6.07, 6.45) is 1.17. The third kappa shape index (κ3) is 3.93. The molecule has 15 heavy (non-hydrogen) atoms. The molecule has 2 N–H and O–H groups in total. The summed E-state index contributed by atoms with van der Waals surface area (Å²) in [6, 6.07) is 1.98. The van der Waals surface area contributed by atoms with Crippen molar-refractivity contribution in [1.82, 2.24) is 5.32 Å². The van der Waals surface area contributed by atoms with E-state index >= 15 is 0 Å². The van der Waals surface area contributed by atoms with Gasteiger partial charge in [-0.3, -0.25) is 0 Å². The molecule has 0 amide bonds. The molecule has 0 aliphatic carbocycles. The molecule has 2 nitrogen and oxygen atoms in total. The lowest BCUT2D eigenvalue weighted by Crippen LogP contribution is -2.36. The Morgan fingerprint density at radius 2 is 2.33 bits per heavy atom. The van der Waals surface area contributed by atoms with Crippen LogP contribution in [0.4, 0.5) is 0 Å². The summed E-state index contributed by atoms with van der Waals surface area (Å²) in [6.45, 7) is 7.85. The Hall–Kier alpha value is -0.380. The minimum atomic E-state index is -0.743. The van der Waals surface area contributed by atoms with Gasteiger partial charge in [-0.15, -0.1) is 0 Å². The molecule has 1 rings (SSSR count). The van der Waals surface area contributed by atoms with Crippen molar-refractivity contribution in [3.63, 3.8) is 0 Å². The second-order valence-corrected chi connectivity index (χ2v) is 5.21. The number of thiophene rings is 1. The number of aliphatic hydroxyl groups is 1. The lowest BCUT2D eigenvalue weighted by Gasteiger charge is -2.23. The van der Waals surface area contributed by atoms with Gasteiger partial charge in [0.05, 0.1) is 5.60 Å². The lowest BCUT2D eigenvalue weighted by atomic mass is 9.99. The molecule has 3 heteroatoms. The normalized spacial score (nSPS) is 17.3. The average Bonchev–Trinajstić information content (AvgIpc) is 2.70. The van der Waals surface area contributed by atoms with Crippen molar-refractivity contribution >= 4 is 11.3 Å². The van der Waals surface area contributed by atoms with Gasteiger partial charge in [-0.25, -0.2) is 0 Å². The first kappa shape index (κ1) is 12.7. The zero-order chi connectivity index (χ0) is 11.3.